The van der Waals surface area contributed by atoms with Crippen LogP contribution in [0.4, 0.5) is 22.2 Å². The van der Waals surface area contributed by atoms with Gasteiger partial charge in [-0.2, -0.15) is 0 Å². The van der Waals surface area contributed by atoms with E-state index < -0.39 is 6.09 Å². The minimum absolute atomic E-state index is 0.120. The van der Waals surface area contributed by atoms with Crippen LogP contribution in [0.15, 0.2) is 48.5 Å². The Morgan fingerprint density at radius 1 is 1.11 bits per heavy atom. The third kappa shape index (κ3) is 3.72. The minimum Gasteiger partial charge on any atom is -0.443 e. The smallest absolute Gasteiger partial charge is 0.416 e. The van der Waals surface area contributed by atoms with Crippen molar-refractivity contribution in [1.29, 1.82) is 0 Å². The number of pyridine rings is 2. The lowest BCUT2D eigenvalue weighted by atomic mass is 10.1. The number of rotatable bonds is 6. The molecule has 1 fully saturated rings. The lowest BCUT2D eigenvalue weighted by Crippen LogP contribution is -2.30. The van der Waals surface area contributed by atoms with Crippen LogP contribution in [0.2, 0.25) is 0 Å². The van der Waals surface area contributed by atoms with Gasteiger partial charge in [-0.05, 0) is 50.2 Å². The Bertz CT molecular complexity index is 1410. The van der Waals surface area contributed by atoms with Gasteiger partial charge in [-0.15, -0.1) is 0 Å². The zero-order chi connectivity index (χ0) is 25.8. The van der Waals surface area contributed by atoms with Gasteiger partial charge in [-0.3, -0.25) is 14.6 Å². The van der Waals surface area contributed by atoms with Gasteiger partial charge in [-0.25, -0.2) is 14.8 Å². The van der Waals surface area contributed by atoms with Crippen molar-refractivity contribution in [1.82, 2.24) is 15.3 Å². The predicted molar refractivity (Wildman–Crippen MR) is 141 cm³/mol. The number of ether oxygens (including phenoxy) is 1. The number of benzene rings is 1. The quantitative estimate of drug-likeness (QED) is 0.552. The first-order valence-electron chi connectivity index (χ1n) is 12.6. The summed E-state index contributed by atoms with van der Waals surface area (Å²) in [6.07, 6.45) is 0.0449. The lowest BCUT2D eigenvalue weighted by molar-refractivity contribution is 0.0995. The van der Waals surface area contributed by atoms with E-state index in [1.54, 1.807) is 21.9 Å². The van der Waals surface area contributed by atoms with Crippen molar-refractivity contribution in [3.05, 3.63) is 76.5 Å². The number of aromatic nitrogens is 2. The Hall–Kier alpha value is -3.98. The lowest BCUT2D eigenvalue weighted by Gasteiger charge is -2.24. The molecule has 9 heteroatoms. The van der Waals surface area contributed by atoms with Gasteiger partial charge >= 0.3 is 6.09 Å². The molecule has 3 aliphatic rings. The monoisotopic (exact) mass is 498 g/mol. The molecule has 1 saturated heterocycles. The van der Waals surface area contributed by atoms with Crippen molar-refractivity contribution >= 4 is 29.5 Å². The van der Waals surface area contributed by atoms with Crippen molar-refractivity contribution in [3.63, 3.8) is 0 Å². The van der Waals surface area contributed by atoms with Gasteiger partial charge in [0.05, 0.1) is 17.8 Å². The van der Waals surface area contributed by atoms with Gasteiger partial charge < -0.3 is 15.0 Å². The number of nitrogens with zero attached hydrogens (tertiary/aromatic N) is 5. The molecule has 2 amide bonds. The SMILES string of the molecule is CNCc1nc(N(C)C(C)C)cc2c1CN(c1cccc(N3C(=O)O[C@H]4Cc5ccccc5[C@H]43)n1)C2=O. The van der Waals surface area contributed by atoms with Gasteiger partial charge in [0.2, 0.25) is 0 Å². The van der Waals surface area contributed by atoms with Crippen LogP contribution in [0.1, 0.15) is 52.6 Å². The second-order valence-electron chi connectivity index (χ2n) is 10.1. The fourth-order valence-electron chi connectivity index (χ4n) is 5.48. The summed E-state index contributed by atoms with van der Waals surface area (Å²) < 4.78 is 5.72. The molecule has 0 bridgehead atoms. The third-order valence-corrected chi connectivity index (χ3v) is 7.59. The third-order valence-electron chi connectivity index (χ3n) is 7.59. The standard InChI is InChI=1S/C28H30N6O3/c1-16(2)32(4)25-13-19-20(21(30-25)14-29-3)15-33(27(19)35)23-10-7-11-24(31-23)34-26-18-9-6-5-8-17(18)12-22(26)37-28(34)36/h5-11,13,16,22,26,29H,12,14-15H2,1-4H3/t22-,26+/m0/s1. The predicted octanol–water partition coefficient (Wildman–Crippen LogP) is 3.82. The number of carbonyl (C=O) groups excluding carboxylic acids is 2. The Labute approximate surface area is 216 Å². The van der Waals surface area contributed by atoms with E-state index in [0.29, 0.717) is 36.7 Å². The topological polar surface area (TPSA) is 90.9 Å². The van der Waals surface area contributed by atoms with Crippen LogP contribution < -0.4 is 20.0 Å². The molecule has 1 aliphatic carbocycles. The number of anilines is 3. The number of nitrogens with one attached hydrogen (secondary N) is 1. The maximum absolute atomic E-state index is 13.7. The Morgan fingerprint density at radius 2 is 1.89 bits per heavy atom. The molecule has 4 heterocycles. The fraction of sp³-hybridized carbons (Fsp3) is 0.357. The molecule has 1 N–H and O–H groups in total. The van der Waals surface area contributed by atoms with E-state index in [-0.39, 0.29) is 24.1 Å². The van der Waals surface area contributed by atoms with Crippen molar-refractivity contribution in [2.75, 3.05) is 28.8 Å². The molecule has 6 rings (SSSR count). The summed E-state index contributed by atoms with van der Waals surface area (Å²) in [5, 5.41) is 3.17. The summed E-state index contributed by atoms with van der Waals surface area (Å²) in [4.78, 5) is 41.6. The van der Waals surface area contributed by atoms with E-state index in [2.05, 4.69) is 30.1 Å². The highest BCUT2D eigenvalue weighted by molar-refractivity contribution is 6.10. The second-order valence-corrected chi connectivity index (χ2v) is 10.1. The number of amides is 2. The van der Waals surface area contributed by atoms with Gasteiger partial charge in [-0.1, -0.05) is 30.3 Å². The van der Waals surface area contributed by atoms with Crippen molar-refractivity contribution in [2.24, 2.45) is 0 Å². The summed E-state index contributed by atoms with van der Waals surface area (Å²) in [6.45, 7) is 5.11. The maximum atomic E-state index is 13.7. The Morgan fingerprint density at radius 3 is 2.68 bits per heavy atom. The molecule has 2 aromatic heterocycles. The molecule has 2 atom stereocenters. The first-order chi connectivity index (χ1) is 17.9. The van der Waals surface area contributed by atoms with E-state index in [0.717, 1.165) is 22.6 Å². The average Bonchev–Trinajstić information content (AvgIpc) is 3.52. The first-order valence-corrected chi connectivity index (χ1v) is 12.6. The van der Waals surface area contributed by atoms with E-state index in [1.165, 1.54) is 5.56 Å². The average molecular weight is 499 g/mol. The molecule has 0 spiro atoms. The molecule has 2 aliphatic heterocycles. The molecule has 1 aromatic carbocycles. The van der Waals surface area contributed by atoms with Crippen molar-refractivity contribution in [3.8, 4) is 0 Å². The maximum Gasteiger partial charge on any atom is 0.416 e. The molecule has 190 valence electrons. The van der Waals surface area contributed by atoms with Gasteiger partial charge in [0.1, 0.15) is 29.6 Å². The van der Waals surface area contributed by atoms with Crippen molar-refractivity contribution in [2.45, 2.75) is 51.5 Å². The molecule has 9 nitrogen and oxygen atoms in total. The molecule has 37 heavy (non-hydrogen) atoms. The highest BCUT2D eigenvalue weighted by Gasteiger charge is 2.49. The molecular formula is C28H30N6O3. The minimum atomic E-state index is -0.410. The molecule has 0 unspecified atom stereocenters. The largest absolute Gasteiger partial charge is 0.443 e. The first kappa shape index (κ1) is 23.4. The number of carbonyl (C=O) groups is 2. The molecule has 3 aromatic rings. The summed E-state index contributed by atoms with van der Waals surface area (Å²) in [5.41, 5.74) is 4.66. The van der Waals surface area contributed by atoms with E-state index in [4.69, 9.17) is 14.7 Å². The Balaban J connectivity index is 1.35. The van der Waals surface area contributed by atoms with Crippen LogP contribution in [-0.4, -0.2) is 48.2 Å². The summed E-state index contributed by atoms with van der Waals surface area (Å²) in [5.74, 6) is 1.62. The van der Waals surface area contributed by atoms with Gasteiger partial charge in [0, 0.05) is 31.6 Å². The molecular weight excluding hydrogens is 468 g/mol. The van der Waals surface area contributed by atoms with Crippen LogP contribution in [0, 0.1) is 0 Å². The normalized spacial score (nSPS) is 19.8. The Kier molecular flexibility index (Phi) is 5.60. The van der Waals surface area contributed by atoms with Crippen LogP contribution in [0.25, 0.3) is 0 Å². The summed E-state index contributed by atoms with van der Waals surface area (Å²) >= 11 is 0. The highest BCUT2D eigenvalue weighted by Crippen LogP contribution is 2.44. The van der Waals surface area contributed by atoms with Crippen molar-refractivity contribution < 1.29 is 14.3 Å². The zero-order valence-electron chi connectivity index (χ0n) is 21.4. The van der Waals surface area contributed by atoms with Crippen LogP contribution in [-0.2, 0) is 24.2 Å². The number of hydrogen-bond donors (Lipinski definition) is 1. The van der Waals surface area contributed by atoms with Crippen LogP contribution in [0.3, 0.4) is 0 Å². The second kappa shape index (κ2) is 8.85. The van der Waals surface area contributed by atoms with E-state index in [9.17, 15) is 9.59 Å². The van der Waals surface area contributed by atoms with E-state index >= 15 is 0 Å². The molecule has 0 saturated carbocycles. The number of hydrogen-bond acceptors (Lipinski definition) is 7. The molecule has 0 radical (unpaired) electrons. The zero-order valence-corrected chi connectivity index (χ0v) is 21.4. The number of fused-ring (bicyclic) bond motifs is 4. The fourth-order valence-corrected chi connectivity index (χ4v) is 5.48. The highest BCUT2D eigenvalue weighted by atomic mass is 16.6. The van der Waals surface area contributed by atoms with E-state index in [1.807, 2.05) is 44.4 Å². The van der Waals surface area contributed by atoms with Crippen LogP contribution >= 0.6 is 0 Å². The van der Waals surface area contributed by atoms with Crippen LogP contribution in [0.5, 0.6) is 0 Å². The summed E-state index contributed by atoms with van der Waals surface area (Å²) in [7, 11) is 3.85. The van der Waals surface area contributed by atoms with Gasteiger partial charge in [0.15, 0.2) is 0 Å². The van der Waals surface area contributed by atoms with Gasteiger partial charge in [0.25, 0.3) is 5.91 Å². The summed E-state index contributed by atoms with van der Waals surface area (Å²) in [6, 6.07) is 15.4.